The maximum atomic E-state index is 13.4. The number of nitrogens with one attached hydrogen (secondary N) is 1. The van der Waals surface area contributed by atoms with E-state index < -0.39 is 17.5 Å². The van der Waals surface area contributed by atoms with Crippen LogP contribution < -0.4 is 5.32 Å². The number of halogens is 2. The fourth-order valence-corrected chi connectivity index (χ4v) is 3.35. The van der Waals surface area contributed by atoms with Crippen LogP contribution in [0.2, 0.25) is 0 Å². The summed E-state index contributed by atoms with van der Waals surface area (Å²) in [6.07, 6.45) is 0.847. The summed E-state index contributed by atoms with van der Waals surface area (Å²) in [5.74, 6) is -1.85. The van der Waals surface area contributed by atoms with E-state index in [1.54, 1.807) is 0 Å². The molecule has 3 aromatic rings. The van der Waals surface area contributed by atoms with Crippen molar-refractivity contribution < 1.29 is 18.4 Å². The topological polar surface area (TPSA) is 64.0 Å². The monoisotopic (exact) mass is 441 g/mol. The molecule has 0 fully saturated rings. The third-order valence-electron chi connectivity index (χ3n) is 4.73. The lowest BCUT2D eigenvalue weighted by Gasteiger charge is -2.15. The van der Waals surface area contributed by atoms with E-state index >= 15 is 0 Å². The highest BCUT2D eigenvalue weighted by molar-refractivity contribution is 5.93. The molecule has 5 nitrogen and oxygen atoms in total. The molecule has 32 heavy (non-hydrogen) atoms. The summed E-state index contributed by atoms with van der Waals surface area (Å²) in [7, 11) is 0. The number of nitrogens with zero attached hydrogens (tertiary/aromatic N) is 2. The van der Waals surface area contributed by atoms with Gasteiger partial charge in [0, 0.05) is 13.1 Å². The normalized spacial score (nSPS) is 10.5. The van der Waals surface area contributed by atoms with Crippen LogP contribution in [-0.2, 0) is 24.3 Å². The van der Waals surface area contributed by atoms with Crippen molar-refractivity contribution in [1.82, 2.24) is 14.9 Å². The van der Waals surface area contributed by atoms with E-state index in [0.29, 0.717) is 17.9 Å². The first-order valence-electron chi connectivity index (χ1n) is 10.7. The zero-order valence-electron chi connectivity index (χ0n) is 18.9. The lowest BCUT2D eigenvalue weighted by Crippen LogP contribution is -2.25. The third kappa shape index (κ3) is 6.09. The van der Waals surface area contributed by atoms with Gasteiger partial charge in [0.05, 0.1) is 12.1 Å². The van der Waals surface area contributed by atoms with Gasteiger partial charge in [0.15, 0.2) is 11.6 Å². The highest BCUT2D eigenvalue weighted by Gasteiger charge is 2.24. The van der Waals surface area contributed by atoms with Crippen LogP contribution in [0.4, 0.5) is 8.78 Å². The summed E-state index contributed by atoms with van der Waals surface area (Å²) >= 11 is 0. The van der Waals surface area contributed by atoms with Gasteiger partial charge in [0.1, 0.15) is 17.8 Å². The number of aldehydes is 1. The van der Waals surface area contributed by atoms with Crippen LogP contribution in [-0.4, -0.2) is 21.7 Å². The molecular formula is C25H29F2N3O2. The number of rotatable bonds is 8. The molecule has 0 aliphatic heterocycles. The molecule has 0 spiro atoms. The van der Waals surface area contributed by atoms with Gasteiger partial charge in [-0.2, -0.15) is 0 Å². The van der Waals surface area contributed by atoms with Crippen LogP contribution in [0.1, 0.15) is 66.7 Å². The van der Waals surface area contributed by atoms with Crippen molar-refractivity contribution in [3.05, 3.63) is 88.5 Å². The molecule has 0 saturated carbocycles. The van der Waals surface area contributed by atoms with Crippen molar-refractivity contribution >= 4 is 12.2 Å². The van der Waals surface area contributed by atoms with Crippen molar-refractivity contribution in [1.29, 1.82) is 0 Å². The van der Waals surface area contributed by atoms with E-state index in [0.717, 1.165) is 29.7 Å². The molecular weight excluding hydrogens is 412 g/mol. The molecule has 0 saturated heterocycles. The average molecular weight is 442 g/mol. The number of imidazole rings is 1. The molecule has 1 heterocycles. The first kappa shape index (κ1) is 24.9. The second-order valence-electron chi connectivity index (χ2n) is 7.29. The van der Waals surface area contributed by atoms with Gasteiger partial charge in [-0.25, -0.2) is 13.8 Å². The summed E-state index contributed by atoms with van der Waals surface area (Å²) in [4.78, 5) is 28.5. The van der Waals surface area contributed by atoms with E-state index in [-0.39, 0.29) is 24.6 Å². The second kappa shape index (κ2) is 11.9. The quantitative estimate of drug-likeness (QED) is 0.499. The van der Waals surface area contributed by atoms with E-state index in [9.17, 15) is 18.4 Å². The lowest BCUT2D eigenvalue weighted by molar-refractivity contribution is -0.107. The Morgan fingerprint density at radius 2 is 1.75 bits per heavy atom. The van der Waals surface area contributed by atoms with Gasteiger partial charge in [0.2, 0.25) is 0 Å². The Bertz CT molecular complexity index is 1050. The third-order valence-corrected chi connectivity index (χ3v) is 4.73. The smallest absolute Gasteiger partial charge is 0.272 e. The van der Waals surface area contributed by atoms with E-state index in [2.05, 4.69) is 10.3 Å². The highest BCUT2D eigenvalue weighted by atomic mass is 19.2. The number of hydrogen-bond donors (Lipinski definition) is 1. The summed E-state index contributed by atoms with van der Waals surface area (Å²) in [6.45, 7) is 8.42. The van der Waals surface area contributed by atoms with Crippen LogP contribution in [0.15, 0.2) is 48.5 Å². The zero-order valence-corrected chi connectivity index (χ0v) is 18.9. The second-order valence-corrected chi connectivity index (χ2v) is 7.29. The molecule has 0 bridgehead atoms. The van der Waals surface area contributed by atoms with Gasteiger partial charge in [-0.3, -0.25) is 4.79 Å². The number of aromatic nitrogens is 2. The highest BCUT2D eigenvalue weighted by Crippen LogP contribution is 2.23. The molecule has 3 rings (SSSR count). The fraction of sp³-hybridized carbons (Fsp3) is 0.320. The molecule has 1 amide bonds. The van der Waals surface area contributed by atoms with Crippen molar-refractivity contribution in [3.8, 4) is 0 Å². The van der Waals surface area contributed by atoms with Gasteiger partial charge in [-0.1, -0.05) is 64.1 Å². The molecule has 0 radical (unpaired) electrons. The Hall–Kier alpha value is -3.35. The van der Waals surface area contributed by atoms with Crippen molar-refractivity contribution in [3.63, 3.8) is 0 Å². The van der Waals surface area contributed by atoms with E-state index in [1.807, 2.05) is 62.6 Å². The van der Waals surface area contributed by atoms with Crippen LogP contribution in [0, 0.1) is 11.6 Å². The van der Waals surface area contributed by atoms with Gasteiger partial charge < -0.3 is 14.7 Å². The zero-order chi connectivity index (χ0) is 23.7. The number of hydrogen-bond acceptors (Lipinski definition) is 3. The molecule has 0 unspecified atom stereocenters. The minimum Gasteiger partial charge on any atom is -0.347 e. The van der Waals surface area contributed by atoms with Gasteiger partial charge in [0.25, 0.3) is 5.91 Å². The molecule has 0 aliphatic carbocycles. The summed E-state index contributed by atoms with van der Waals surface area (Å²) in [5.41, 5.74) is 2.42. The van der Waals surface area contributed by atoms with Crippen molar-refractivity contribution in [2.75, 3.05) is 0 Å². The Morgan fingerprint density at radius 3 is 2.34 bits per heavy atom. The first-order chi connectivity index (χ1) is 15.4. The molecule has 1 N–H and O–H groups in total. The fourth-order valence-electron chi connectivity index (χ4n) is 3.35. The maximum absolute atomic E-state index is 13.4. The van der Waals surface area contributed by atoms with Crippen LogP contribution in [0.5, 0.6) is 0 Å². The minimum absolute atomic E-state index is 0.0226. The first-order valence-corrected chi connectivity index (χ1v) is 10.7. The van der Waals surface area contributed by atoms with Crippen molar-refractivity contribution in [2.45, 2.75) is 53.1 Å². The Labute approximate surface area is 187 Å². The van der Waals surface area contributed by atoms with Crippen molar-refractivity contribution in [2.24, 2.45) is 0 Å². The van der Waals surface area contributed by atoms with E-state index in [1.165, 1.54) is 6.07 Å². The van der Waals surface area contributed by atoms with Gasteiger partial charge >= 0.3 is 0 Å². The molecule has 2 aromatic carbocycles. The molecule has 0 atom stereocenters. The largest absolute Gasteiger partial charge is 0.347 e. The van der Waals surface area contributed by atoms with E-state index in [4.69, 9.17) is 0 Å². The Balaban J connectivity index is 0.00000176. The summed E-state index contributed by atoms with van der Waals surface area (Å²) in [6, 6.07) is 13.2. The number of amides is 1. The number of benzene rings is 2. The average Bonchev–Trinajstić information content (AvgIpc) is 3.15. The predicted molar refractivity (Wildman–Crippen MR) is 121 cm³/mol. The predicted octanol–water partition coefficient (Wildman–Crippen LogP) is 5.03. The lowest BCUT2D eigenvalue weighted by atomic mass is 10.1. The molecule has 170 valence electrons. The maximum Gasteiger partial charge on any atom is 0.272 e. The molecule has 0 aliphatic rings. The van der Waals surface area contributed by atoms with Crippen LogP contribution >= 0.6 is 0 Å². The number of carbonyl (C=O) groups excluding carboxylic acids is 2. The molecule has 1 aromatic heterocycles. The molecule has 7 heteroatoms. The van der Waals surface area contributed by atoms with Crippen LogP contribution in [0.25, 0.3) is 0 Å². The summed E-state index contributed by atoms with van der Waals surface area (Å²) in [5, 5.41) is 2.71. The van der Waals surface area contributed by atoms with Gasteiger partial charge in [-0.15, -0.1) is 0 Å². The minimum atomic E-state index is -0.968. The SMILES string of the molecule is CC.CC(C)c1c(C(=O)NCc2ccc(F)c(F)c2)nc(CC=O)n1Cc1ccccc1. The number of carbonyl (C=O) groups is 2. The Morgan fingerprint density at radius 1 is 1.06 bits per heavy atom. The van der Waals surface area contributed by atoms with Gasteiger partial charge in [-0.05, 0) is 29.2 Å². The van der Waals surface area contributed by atoms with Crippen LogP contribution in [0.3, 0.4) is 0 Å². The standard InChI is InChI=1S/C23H23F2N3O2.C2H6/c1-15(2)22-21(23(30)26-13-17-8-9-18(24)19(25)12-17)27-20(10-11-29)28(22)14-16-6-4-3-5-7-16;1-2/h3-9,11-12,15H,10,13-14H2,1-2H3,(H,26,30);1-2H3. The summed E-state index contributed by atoms with van der Waals surface area (Å²) < 4.78 is 28.4. The Kier molecular flexibility index (Phi) is 9.25.